The first-order chi connectivity index (χ1) is 13.7. The Bertz CT molecular complexity index is 1210. The molecule has 3 aromatic rings. The predicted octanol–water partition coefficient (Wildman–Crippen LogP) is 4.47. The zero-order valence-electron chi connectivity index (χ0n) is 15.3. The second-order valence-electron chi connectivity index (χ2n) is 6.94. The summed E-state index contributed by atoms with van der Waals surface area (Å²) in [6.07, 6.45) is 13.0. The van der Waals surface area contributed by atoms with E-state index in [1.807, 2.05) is 54.9 Å². The molecule has 1 aliphatic heterocycles. The third-order valence-corrected chi connectivity index (χ3v) is 6.06. The number of aromatic amines is 1. The van der Waals surface area contributed by atoms with E-state index in [-0.39, 0.29) is 11.8 Å². The quantitative estimate of drug-likeness (QED) is 0.653. The van der Waals surface area contributed by atoms with Crippen LogP contribution in [0.3, 0.4) is 0 Å². The van der Waals surface area contributed by atoms with Gasteiger partial charge in [0.05, 0.1) is 22.4 Å². The standard InChI is InChI=1S/C22H18N4OS/c1-13-21(28-12-23-13)9-8-19-16-7-6-14(11-20(16)26-25-19)10-17-15-4-2-3-5-18(15)24-22(17)27/h2-3,5-12,15H,4H2,1H3,(H,24,27)(H,25,26)/b9-8+,17-10+. The van der Waals surface area contributed by atoms with E-state index in [0.29, 0.717) is 0 Å². The molecule has 138 valence electrons. The summed E-state index contributed by atoms with van der Waals surface area (Å²) in [5.41, 5.74) is 7.51. The number of nitrogens with one attached hydrogen (secondary N) is 2. The van der Waals surface area contributed by atoms with Gasteiger partial charge in [0.2, 0.25) is 0 Å². The topological polar surface area (TPSA) is 70.7 Å². The molecule has 0 saturated carbocycles. The lowest BCUT2D eigenvalue weighted by Crippen LogP contribution is -2.13. The van der Waals surface area contributed by atoms with Gasteiger partial charge in [0.25, 0.3) is 5.91 Å². The number of hydrogen-bond acceptors (Lipinski definition) is 4. The Morgan fingerprint density at radius 1 is 1.29 bits per heavy atom. The first-order valence-electron chi connectivity index (χ1n) is 9.15. The van der Waals surface area contributed by atoms with Crippen LogP contribution in [0.4, 0.5) is 0 Å². The summed E-state index contributed by atoms with van der Waals surface area (Å²) in [5, 5.41) is 11.6. The van der Waals surface area contributed by atoms with E-state index < -0.39 is 0 Å². The molecule has 2 aromatic heterocycles. The highest BCUT2D eigenvalue weighted by atomic mass is 32.1. The zero-order chi connectivity index (χ0) is 19.1. The number of fused-ring (bicyclic) bond motifs is 2. The summed E-state index contributed by atoms with van der Waals surface area (Å²) in [5.74, 6) is 0.129. The summed E-state index contributed by atoms with van der Waals surface area (Å²) in [7, 11) is 0. The van der Waals surface area contributed by atoms with E-state index in [9.17, 15) is 4.79 Å². The van der Waals surface area contributed by atoms with Crippen LogP contribution in [0, 0.1) is 12.8 Å². The average molecular weight is 386 g/mol. The van der Waals surface area contributed by atoms with Crippen molar-refractivity contribution in [1.82, 2.24) is 20.5 Å². The van der Waals surface area contributed by atoms with Crippen molar-refractivity contribution in [3.05, 3.63) is 75.0 Å². The van der Waals surface area contributed by atoms with Gasteiger partial charge in [0, 0.05) is 27.5 Å². The Balaban J connectivity index is 1.46. The van der Waals surface area contributed by atoms with Crippen molar-refractivity contribution < 1.29 is 4.79 Å². The molecule has 5 rings (SSSR count). The van der Waals surface area contributed by atoms with Gasteiger partial charge in [0.15, 0.2) is 0 Å². The number of nitrogens with zero attached hydrogens (tertiary/aromatic N) is 2. The number of aromatic nitrogens is 3. The van der Waals surface area contributed by atoms with Crippen LogP contribution in [0.15, 0.2) is 53.2 Å². The predicted molar refractivity (Wildman–Crippen MR) is 113 cm³/mol. The van der Waals surface area contributed by atoms with Gasteiger partial charge in [-0.1, -0.05) is 18.2 Å². The van der Waals surface area contributed by atoms with Crippen molar-refractivity contribution in [3.8, 4) is 0 Å². The fourth-order valence-electron chi connectivity index (χ4n) is 3.66. The van der Waals surface area contributed by atoms with Crippen LogP contribution in [0.1, 0.15) is 28.2 Å². The largest absolute Gasteiger partial charge is 0.325 e. The molecule has 3 heterocycles. The lowest BCUT2D eigenvalue weighted by atomic mass is 9.91. The Labute approximate surface area is 166 Å². The van der Waals surface area contributed by atoms with Crippen LogP contribution in [0.5, 0.6) is 0 Å². The van der Waals surface area contributed by atoms with Crippen molar-refractivity contribution in [3.63, 3.8) is 0 Å². The molecule has 1 aromatic carbocycles. The molecule has 2 aliphatic rings. The number of amides is 1. The van der Waals surface area contributed by atoms with Crippen molar-refractivity contribution in [1.29, 1.82) is 0 Å². The zero-order valence-corrected chi connectivity index (χ0v) is 16.1. The SMILES string of the molecule is Cc1ncsc1/C=C/c1n[nH]c2cc(/C=C3/C(=O)NC4=CC=CCC43)ccc12. The first-order valence-corrected chi connectivity index (χ1v) is 10.0. The second kappa shape index (κ2) is 6.73. The molecule has 0 bridgehead atoms. The Kier molecular flexibility index (Phi) is 4.06. The van der Waals surface area contributed by atoms with Crippen molar-refractivity contribution >= 4 is 46.4 Å². The number of thiazole rings is 1. The van der Waals surface area contributed by atoms with Gasteiger partial charge in [-0.3, -0.25) is 9.89 Å². The summed E-state index contributed by atoms with van der Waals surface area (Å²) < 4.78 is 0. The van der Waals surface area contributed by atoms with E-state index in [1.165, 1.54) is 0 Å². The molecule has 1 saturated heterocycles. The van der Waals surface area contributed by atoms with Crippen LogP contribution < -0.4 is 5.32 Å². The number of rotatable bonds is 3. The van der Waals surface area contributed by atoms with Gasteiger partial charge in [-0.05, 0) is 55.3 Å². The normalized spacial score (nSPS) is 20.2. The van der Waals surface area contributed by atoms with E-state index >= 15 is 0 Å². The minimum absolute atomic E-state index is 0.00629. The average Bonchev–Trinajstić information content (AvgIpc) is 3.38. The van der Waals surface area contributed by atoms with Crippen molar-refractivity contribution in [2.45, 2.75) is 13.3 Å². The molecular weight excluding hydrogens is 368 g/mol. The molecule has 1 unspecified atom stereocenters. The van der Waals surface area contributed by atoms with Crippen LogP contribution in [-0.2, 0) is 4.79 Å². The van der Waals surface area contributed by atoms with Crippen LogP contribution in [0.2, 0.25) is 0 Å². The van der Waals surface area contributed by atoms with Crippen LogP contribution >= 0.6 is 11.3 Å². The van der Waals surface area contributed by atoms with E-state index in [4.69, 9.17) is 0 Å². The minimum Gasteiger partial charge on any atom is -0.325 e. The number of carbonyl (C=O) groups is 1. The lowest BCUT2D eigenvalue weighted by molar-refractivity contribution is -0.115. The highest BCUT2D eigenvalue weighted by Crippen LogP contribution is 2.33. The number of carbonyl (C=O) groups excluding carboxylic acids is 1. The third-order valence-electron chi connectivity index (χ3n) is 5.17. The fourth-order valence-corrected chi connectivity index (χ4v) is 4.36. The van der Waals surface area contributed by atoms with E-state index in [0.717, 1.165) is 50.4 Å². The summed E-state index contributed by atoms with van der Waals surface area (Å²) in [4.78, 5) is 17.8. The molecule has 0 spiro atoms. The summed E-state index contributed by atoms with van der Waals surface area (Å²) in [6, 6.07) is 6.13. The maximum Gasteiger partial charge on any atom is 0.252 e. The number of aryl methyl sites for hydroxylation is 1. The first kappa shape index (κ1) is 16.9. The Hall–Kier alpha value is -3.25. The second-order valence-corrected chi connectivity index (χ2v) is 7.83. The molecule has 1 fully saturated rings. The number of benzene rings is 1. The van der Waals surface area contributed by atoms with Crippen molar-refractivity contribution in [2.75, 3.05) is 0 Å². The highest BCUT2D eigenvalue weighted by Gasteiger charge is 2.32. The van der Waals surface area contributed by atoms with Gasteiger partial charge in [0.1, 0.15) is 0 Å². The van der Waals surface area contributed by atoms with Crippen LogP contribution in [0.25, 0.3) is 29.1 Å². The van der Waals surface area contributed by atoms with Gasteiger partial charge in [-0.2, -0.15) is 5.10 Å². The van der Waals surface area contributed by atoms with Gasteiger partial charge in [-0.15, -0.1) is 11.3 Å². The molecule has 6 heteroatoms. The smallest absolute Gasteiger partial charge is 0.252 e. The van der Waals surface area contributed by atoms with Crippen molar-refractivity contribution in [2.24, 2.45) is 5.92 Å². The molecule has 28 heavy (non-hydrogen) atoms. The van der Waals surface area contributed by atoms with E-state index in [2.05, 4.69) is 32.6 Å². The molecule has 1 amide bonds. The monoisotopic (exact) mass is 386 g/mol. The molecule has 5 nitrogen and oxygen atoms in total. The molecule has 0 radical (unpaired) electrons. The fraction of sp³-hybridized carbons (Fsp3) is 0.136. The Morgan fingerprint density at radius 3 is 3.07 bits per heavy atom. The molecular formula is C22H18N4OS. The highest BCUT2D eigenvalue weighted by molar-refractivity contribution is 7.10. The molecule has 1 atom stereocenters. The van der Waals surface area contributed by atoms with E-state index in [1.54, 1.807) is 11.3 Å². The maximum absolute atomic E-state index is 12.4. The van der Waals surface area contributed by atoms with Crippen LogP contribution in [-0.4, -0.2) is 21.1 Å². The lowest BCUT2D eigenvalue weighted by Gasteiger charge is -2.11. The molecule has 1 aliphatic carbocycles. The summed E-state index contributed by atoms with van der Waals surface area (Å²) >= 11 is 1.62. The number of H-pyrrole nitrogens is 1. The van der Waals surface area contributed by atoms with Gasteiger partial charge >= 0.3 is 0 Å². The maximum atomic E-state index is 12.4. The van der Waals surface area contributed by atoms with Gasteiger partial charge < -0.3 is 5.32 Å². The Morgan fingerprint density at radius 2 is 2.21 bits per heavy atom. The van der Waals surface area contributed by atoms with Gasteiger partial charge in [-0.25, -0.2) is 4.98 Å². The molecule has 2 N–H and O–H groups in total. The summed E-state index contributed by atoms with van der Waals surface area (Å²) in [6.45, 7) is 2.00. The number of allylic oxidation sites excluding steroid dienone is 4. The number of hydrogen-bond donors (Lipinski definition) is 2. The third kappa shape index (κ3) is 2.92. The minimum atomic E-state index is -0.00629.